The second-order valence-electron chi connectivity index (χ2n) is 7.77. The fourth-order valence-electron chi connectivity index (χ4n) is 4.35. The van der Waals surface area contributed by atoms with Crippen LogP contribution in [0, 0.1) is 0 Å². The molecule has 0 radical (unpaired) electrons. The largest absolute Gasteiger partial charge is 0.383 e. The molecule has 0 bridgehead atoms. The Morgan fingerprint density at radius 3 is 2.70 bits per heavy atom. The van der Waals surface area contributed by atoms with Crippen molar-refractivity contribution in [1.82, 2.24) is 14.8 Å². The van der Waals surface area contributed by atoms with E-state index in [9.17, 15) is 5.11 Å². The van der Waals surface area contributed by atoms with E-state index < -0.39 is 5.60 Å². The van der Waals surface area contributed by atoms with Crippen molar-refractivity contribution in [2.45, 2.75) is 24.6 Å². The molecular weight excluding hydrogens is 334 g/mol. The third-order valence-electron chi connectivity index (χ3n) is 5.85. The molecule has 2 heterocycles. The number of fused-ring (bicyclic) bond motifs is 1. The van der Waals surface area contributed by atoms with E-state index in [1.54, 1.807) is 0 Å². The predicted molar refractivity (Wildman–Crippen MR) is 109 cm³/mol. The summed E-state index contributed by atoms with van der Waals surface area (Å²) in [5.74, 6) is 0. The second-order valence-corrected chi connectivity index (χ2v) is 7.77. The van der Waals surface area contributed by atoms with Crippen molar-refractivity contribution in [2.24, 2.45) is 0 Å². The van der Waals surface area contributed by atoms with Crippen LogP contribution in [0.15, 0.2) is 67.0 Å². The average Bonchev–Trinajstić information content (AvgIpc) is 2.70. The number of aliphatic hydroxyl groups is 1. The quantitative estimate of drug-likeness (QED) is 0.774. The van der Waals surface area contributed by atoms with Crippen LogP contribution in [-0.2, 0) is 12.1 Å². The van der Waals surface area contributed by atoms with E-state index >= 15 is 0 Å². The van der Waals surface area contributed by atoms with Crippen LogP contribution in [0.2, 0.25) is 0 Å². The Hall–Kier alpha value is -2.27. The molecule has 1 aromatic heterocycles. The van der Waals surface area contributed by atoms with Crippen molar-refractivity contribution in [2.75, 3.05) is 27.2 Å². The molecule has 4 rings (SSSR count). The van der Waals surface area contributed by atoms with Gasteiger partial charge in [-0.05, 0) is 43.1 Å². The minimum absolute atomic E-state index is 0.0466. The number of likely N-dealkylation sites (N-methyl/N-ethyl adjacent to an activating group) is 1. The maximum atomic E-state index is 11.6. The number of rotatable bonds is 4. The number of hydrogen-bond acceptors (Lipinski definition) is 4. The molecule has 4 heteroatoms. The van der Waals surface area contributed by atoms with E-state index in [1.807, 2.05) is 42.7 Å². The Labute approximate surface area is 161 Å². The summed E-state index contributed by atoms with van der Waals surface area (Å²) in [6, 6.07) is 18.7. The Kier molecular flexibility index (Phi) is 4.96. The molecule has 0 aliphatic carbocycles. The number of hydrogen-bond donors (Lipinski definition) is 1. The van der Waals surface area contributed by atoms with Gasteiger partial charge in [0.05, 0.1) is 6.04 Å². The summed E-state index contributed by atoms with van der Waals surface area (Å²) >= 11 is 0. The van der Waals surface area contributed by atoms with Crippen LogP contribution in [0.4, 0.5) is 0 Å². The highest BCUT2D eigenvalue weighted by Crippen LogP contribution is 2.36. The first-order chi connectivity index (χ1) is 13.1. The van der Waals surface area contributed by atoms with E-state index in [-0.39, 0.29) is 6.04 Å². The fraction of sp³-hybridized carbons (Fsp3) is 0.348. The van der Waals surface area contributed by atoms with E-state index in [0.29, 0.717) is 0 Å². The molecule has 0 unspecified atom stereocenters. The first-order valence-electron chi connectivity index (χ1n) is 9.56. The van der Waals surface area contributed by atoms with E-state index in [0.717, 1.165) is 31.6 Å². The van der Waals surface area contributed by atoms with Gasteiger partial charge in [0, 0.05) is 37.4 Å². The van der Waals surface area contributed by atoms with Gasteiger partial charge < -0.3 is 10.0 Å². The highest BCUT2D eigenvalue weighted by Gasteiger charge is 2.43. The van der Waals surface area contributed by atoms with Gasteiger partial charge in [-0.3, -0.25) is 9.88 Å². The predicted octanol–water partition coefficient (Wildman–Crippen LogP) is 3.26. The van der Waals surface area contributed by atoms with Gasteiger partial charge in [-0.1, -0.05) is 48.5 Å². The van der Waals surface area contributed by atoms with Crippen molar-refractivity contribution >= 4 is 10.8 Å². The van der Waals surface area contributed by atoms with Crippen molar-refractivity contribution < 1.29 is 5.11 Å². The number of pyridine rings is 1. The molecule has 0 amide bonds. The maximum Gasteiger partial charge on any atom is 0.107 e. The normalized spacial score (nSPS) is 23.8. The molecule has 1 aliphatic heterocycles. The maximum absolute atomic E-state index is 11.6. The van der Waals surface area contributed by atoms with Crippen LogP contribution in [0.3, 0.4) is 0 Å². The Morgan fingerprint density at radius 1 is 1.11 bits per heavy atom. The molecule has 1 fully saturated rings. The lowest BCUT2D eigenvalue weighted by molar-refractivity contribution is -0.0892. The minimum Gasteiger partial charge on any atom is -0.383 e. The van der Waals surface area contributed by atoms with Crippen LogP contribution >= 0.6 is 0 Å². The summed E-state index contributed by atoms with van der Waals surface area (Å²) in [7, 11) is 4.12. The molecule has 2 atom stereocenters. The summed E-state index contributed by atoms with van der Waals surface area (Å²) in [4.78, 5) is 8.85. The first kappa shape index (κ1) is 18.1. The standard InChI is InChI=1S/C23H27N3O/c1-25(2)22-17-26(14-12-23(22,27)20-9-4-3-5-10-20)16-19-8-6-7-18-15-24-13-11-21(18)19/h3-11,13,15,22,27H,12,14,16-17H2,1-2H3/t22-,23+/m1/s1. The molecule has 0 saturated carbocycles. The number of benzene rings is 2. The first-order valence-corrected chi connectivity index (χ1v) is 9.56. The third kappa shape index (κ3) is 3.48. The SMILES string of the molecule is CN(C)[C@@H]1CN(Cc2cccc3cnccc23)CC[C@]1(O)c1ccccc1. The van der Waals surface area contributed by atoms with Crippen LogP contribution in [0.25, 0.3) is 10.8 Å². The molecule has 1 aliphatic rings. The average molecular weight is 361 g/mol. The van der Waals surface area contributed by atoms with Crippen molar-refractivity contribution in [3.63, 3.8) is 0 Å². The van der Waals surface area contributed by atoms with Crippen LogP contribution in [0.1, 0.15) is 17.5 Å². The molecule has 3 aromatic rings. The smallest absolute Gasteiger partial charge is 0.107 e. The van der Waals surface area contributed by atoms with Crippen molar-refractivity contribution in [1.29, 1.82) is 0 Å². The highest BCUT2D eigenvalue weighted by molar-refractivity contribution is 5.84. The molecule has 1 saturated heterocycles. The lowest BCUT2D eigenvalue weighted by Gasteiger charge is -2.47. The monoisotopic (exact) mass is 361 g/mol. The lowest BCUT2D eigenvalue weighted by atomic mass is 9.79. The van der Waals surface area contributed by atoms with Gasteiger partial charge >= 0.3 is 0 Å². The van der Waals surface area contributed by atoms with Gasteiger partial charge in [-0.15, -0.1) is 0 Å². The van der Waals surface area contributed by atoms with Gasteiger partial charge in [0.2, 0.25) is 0 Å². The molecule has 27 heavy (non-hydrogen) atoms. The molecule has 140 valence electrons. The number of nitrogens with zero attached hydrogens (tertiary/aromatic N) is 3. The van der Waals surface area contributed by atoms with Crippen LogP contribution in [-0.4, -0.2) is 53.1 Å². The zero-order valence-electron chi connectivity index (χ0n) is 16.0. The Bertz CT molecular complexity index is 906. The third-order valence-corrected chi connectivity index (χ3v) is 5.85. The molecule has 1 N–H and O–H groups in total. The van der Waals surface area contributed by atoms with Crippen LogP contribution in [0.5, 0.6) is 0 Å². The second kappa shape index (κ2) is 7.39. The summed E-state index contributed by atoms with van der Waals surface area (Å²) in [6.45, 7) is 2.59. The van der Waals surface area contributed by atoms with Crippen molar-refractivity contribution in [3.05, 3.63) is 78.1 Å². The van der Waals surface area contributed by atoms with E-state index in [4.69, 9.17) is 0 Å². The minimum atomic E-state index is -0.816. The summed E-state index contributed by atoms with van der Waals surface area (Å²) in [6.07, 6.45) is 4.51. The van der Waals surface area contributed by atoms with Gasteiger partial charge in [-0.2, -0.15) is 0 Å². The summed E-state index contributed by atoms with van der Waals surface area (Å²) < 4.78 is 0. The number of piperidine rings is 1. The Morgan fingerprint density at radius 2 is 1.93 bits per heavy atom. The topological polar surface area (TPSA) is 39.6 Å². The van der Waals surface area contributed by atoms with Crippen molar-refractivity contribution in [3.8, 4) is 0 Å². The highest BCUT2D eigenvalue weighted by atomic mass is 16.3. The summed E-state index contributed by atoms with van der Waals surface area (Å²) in [5, 5.41) is 14.0. The number of likely N-dealkylation sites (tertiary alicyclic amines) is 1. The zero-order valence-corrected chi connectivity index (χ0v) is 16.0. The van der Waals surface area contributed by atoms with Gasteiger partial charge in [0.1, 0.15) is 5.60 Å². The van der Waals surface area contributed by atoms with E-state index in [2.05, 4.69) is 53.1 Å². The van der Waals surface area contributed by atoms with Gasteiger partial charge in [-0.25, -0.2) is 0 Å². The summed E-state index contributed by atoms with van der Waals surface area (Å²) in [5.41, 5.74) is 1.52. The molecule has 0 spiro atoms. The van der Waals surface area contributed by atoms with Crippen LogP contribution < -0.4 is 0 Å². The van der Waals surface area contributed by atoms with Gasteiger partial charge in [0.25, 0.3) is 0 Å². The van der Waals surface area contributed by atoms with E-state index in [1.165, 1.54) is 16.3 Å². The lowest BCUT2D eigenvalue weighted by Crippen LogP contribution is -2.58. The fourth-order valence-corrected chi connectivity index (χ4v) is 4.35. The Balaban J connectivity index is 1.59. The molecule has 2 aromatic carbocycles. The zero-order chi connectivity index (χ0) is 18.9. The molecular formula is C23H27N3O. The molecule has 4 nitrogen and oxygen atoms in total. The van der Waals surface area contributed by atoms with Gasteiger partial charge in [0.15, 0.2) is 0 Å². The number of aromatic nitrogens is 1.